The summed E-state index contributed by atoms with van der Waals surface area (Å²) in [7, 11) is 0. The molecule has 0 saturated heterocycles. The Bertz CT molecular complexity index is 575. The van der Waals surface area contributed by atoms with Crippen LogP contribution in [0.3, 0.4) is 0 Å². The fourth-order valence-electron chi connectivity index (χ4n) is 2.38. The zero-order valence-corrected chi connectivity index (χ0v) is 11.8. The van der Waals surface area contributed by atoms with Crippen LogP contribution in [-0.4, -0.2) is 0 Å². The molecule has 2 rings (SSSR count). The van der Waals surface area contributed by atoms with E-state index in [1.165, 1.54) is 12.1 Å². The molecule has 0 radical (unpaired) electrons. The van der Waals surface area contributed by atoms with Crippen LogP contribution in [0.2, 0.25) is 0 Å². The number of benzene rings is 2. The molecule has 0 amide bonds. The van der Waals surface area contributed by atoms with E-state index in [0.717, 1.165) is 23.3 Å². The van der Waals surface area contributed by atoms with E-state index in [-0.39, 0.29) is 0 Å². The van der Waals surface area contributed by atoms with Gasteiger partial charge in [0.15, 0.2) is 0 Å². The van der Waals surface area contributed by atoms with Crippen molar-refractivity contribution < 1.29 is 13.2 Å². The predicted octanol–water partition coefficient (Wildman–Crippen LogP) is 4.51. The van der Waals surface area contributed by atoms with Gasteiger partial charge in [-0.15, -0.1) is 0 Å². The molecule has 2 aromatic rings. The lowest BCUT2D eigenvalue weighted by Gasteiger charge is -2.29. The maximum atomic E-state index is 12.6. The number of alkyl halides is 3. The summed E-state index contributed by atoms with van der Waals surface area (Å²) in [6, 6.07) is 14.9. The minimum Gasteiger partial charge on any atom is -0.321 e. The molecule has 0 spiro atoms. The summed E-state index contributed by atoms with van der Waals surface area (Å²) in [5.41, 5.74) is 7.04. The standard InChI is InChI=1S/C17H18F3N/c1-2-16(21,14-6-4-3-5-7-14)12-13-8-10-15(11-9-13)17(18,19)20/h3-11H,2,12,21H2,1H3. The zero-order valence-electron chi connectivity index (χ0n) is 11.8. The molecule has 0 aliphatic heterocycles. The first-order valence-electron chi connectivity index (χ1n) is 6.86. The molecule has 0 aromatic heterocycles. The summed E-state index contributed by atoms with van der Waals surface area (Å²) in [5, 5.41) is 0. The van der Waals surface area contributed by atoms with Gasteiger partial charge in [-0.1, -0.05) is 49.4 Å². The highest BCUT2D eigenvalue weighted by Crippen LogP contribution is 2.31. The average Bonchev–Trinajstić information content (AvgIpc) is 2.47. The maximum Gasteiger partial charge on any atom is 0.416 e. The van der Waals surface area contributed by atoms with Crippen LogP contribution >= 0.6 is 0 Å². The van der Waals surface area contributed by atoms with Gasteiger partial charge in [0.05, 0.1) is 5.56 Å². The van der Waals surface area contributed by atoms with Crippen molar-refractivity contribution in [2.24, 2.45) is 5.73 Å². The number of hydrogen-bond donors (Lipinski definition) is 1. The first-order valence-corrected chi connectivity index (χ1v) is 6.86. The Balaban J connectivity index is 2.23. The number of halogens is 3. The normalized spacial score (nSPS) is 14.7. The summed E-state index contributed by atoms with van der Waals surface area (Å²) in [4.78, 5) is 0. The van der Waals surface area contributed by atoms with Crippen molar-refractivity contribution >= 4 is 0 Å². The van der Waals surface area contributed by atoms with Crippen LogP contribution < -0.4 is 5.73 Å². The molecule has 0 fully saturated rings. The summed E-state index contributed by atoms with van der Waals surface area (Å²) in [6.45, 7) is 1.98. The van der Waals surface area contributed by atoms with Crippen molar-refractivity contribution in [2.45, 2.75) is 31.5 Å². The van der Waals surface area contributed by atoms with Crippen LogP contribution in [0.1, 0.15) is 30.0 Å². The largest absolute Gasteiger partial charge is 0.416 e. The van der Waals surface area contributed by atoms with Crippen molar-refractivity contribution in [2.75, 3.05) is 0 Å². The van der Waals surface area contributed by atoms with E-state index in [1.54, 1.807) is 0 Å². The lowest BCUT2D eigenvalue weighted by Crippen LogP contribution is -2.38. The quantitative estimate of drug-likeness (QED) is 0.881. The fourth-order valence-corrected chi connectivity index (χ4v) is 2.38. The van der Waals surface area contributed by atoms with Gasteiger partial charge in [-0.2, -0.15) is 13.2 Å². The zero-order chi connectivity index (χ0) is 15.5. The second-order valence-corrected chi connectivity index (χ2v) is 5.25. The maximum absolute atomic E-state index is 12.6. The molecule has 1 unspecified atom stereocenters. The Morgan fingerprint density at radius 2 is 1.43 bits per heavy atom. The molecule has 1 atom stereocenters. The van der Waals surface area contributed by atoms with Crippen molar-refractivity contribution in [1.29, 1.82) is 0 Å². The monoisotopic (exact) mass is 293 g/mol. The molecule has 2 aromatic carbocycles. The third-order valence-electron chi connectivity index (χ3n) is 3.78. The topological polar surface area (TPSA) is 26.0 Å². The second-order valence-electron chi connectivity index (χ2n) is 5.25. The number of rotatable bonds is 4. The van der Waals surface area contributed by atoms with Gasteiger partial charge in [0.2, 0.25) is 0 Å². The molecular weight excluding hydrogens is 275 g/mol. The molecule has 0 bridgehead atoms. The lowest BCUT2D eigenvalue weighted by molar-refractivity contribution is -0.137. The minimum atomic E-state index is -4.30. The Morgan fingerprint density at radius 3 is 1.90 bits per heavy atom. The van der Waals surface area contributed by atoms with Crippen LogP contribution in [0.25, 0.3) is 0 Å². The van der Waals surface area contributed by atoms with Gasteiger partial charge < -0.3 is 5.73 Å². The van der Waals surface area contributed by atoms with Gasteiger partial charge in [0, 0.05) is 5.54 Å². The van der Waals surface area contributed by atoms with E-state index in [4.69, 9.17) is 5.73 Å². The van der Waals surface area contributed by atoms with Crippen LogP contribution in [0, 0.1) is 0 Å². The summed E-state index contributed by atoms with van der Waals surface area (Å²) in [5.74, 6) is 0. The van der Waals surface area contributed by atoms with E-state index >= 15 is 0 Å². The van der Waals surface area contributed by atoms with Crippen LogP contribution in [0.15, 0.2) is 54.6 Å². The van der Waals surface area contributed by atoms with E-state index < -0.39 is 17.3 Å². The highest BCUT2D eigenvalue weighted by atomic mass is 19.4. The molecule has 0 aliphatic rings. The van der Waals surface area contributed by atoms with Gasteiger partial charge in [-0.3, -0.25) is 0 Å². The molecule has 1 nitrogen and oxygen atoms in total. The smallest absolute Gasteiger partial charge is 0.321 e. The predicted molar refractivity (Wildman–Crippen MR) is 77.7 cm³/mol. The summed E-state index contributed by atoms with van der Waals surface area (Å²) in [6.07, 6.45) is -3.09. The average molecular weight is 293 g/mol. The fraction of sp³-hybridized carbons (Fsp3) is 0.294. The number of hydrogen-bond acceptors (Lipinski definition) is 1. The lowest BCUT2D eigenvalue weighted by atomic mass is 9.82. The van der Waals surface area contributed by atoms with E-state index in [9.17, 15) is 13.2 Å². The Labute approximate surface area is 122 Å². The number of nitrogens with two attached hydrogens (primary N) is 1. The summed E-state index contributed by atoms with van der Waals surface area (Å²) >= 11 is 0. The van der Waals surface area contributed by atoms with E-state index in [0.29, 0.717) is 12.8 Å². The Kier molecular flexibility index (Phi) is 4.37. The van der Waals surface area contributed by atoms with Crippen LogP contribution in [0.4, 0.5) is 13.2 Å². The molecule has 21 heavy (non-hydrogen) atoms. The molecule has 112 valence electrons. The molecule has 0 heterocycles. The first-order chi connectivity index (χ1) is 9.85. The summed E-state index contributed by atoms with van der Waals surface area (Å²) < 4.78 is 37.7. The molecule has 0 aliphatic carbocycles. The highest BCUT2D eigenvalue weighted by molar-refractivity contribution is 5.30. The van der Waals surface area contributed by atoms with Gasteiger partial charge in [0.1, 0.15) is 0 Å². The van der Waals surface area contributed by atoms with Crippen LogP contribution in [0.5, 0.6) is 0 Å². The van der Waals surface area contributed by atoms with Gasteiger partial charge in [-0.05, 0) is 36.1 Å². The molecule has 0 saturated carbocycles. The first kappa shape index (κ1) is 15.6. The molecule has 4 heteroatoms. The second kappa shape index (κ2) is 5.90. The minimum absolute atomic E-state index is 0.506. The third kappa shape index (κ3) is 3.64. The molecular formula is C17H18F3N. The van der Waals surface area contributed by atoms with E-state index in [2.05, 4.69) is 0 Å². The van der Waals surface area contributed by atoms with Gasteiger partial charge in [0.25, 0.3) is 0 Å². The van der Waals surface area contributed by atoms with Crippen molar-refractivity contribution in [3.05, 3.63) is 71.3 Å². The van der Waals surface area contributed by atoms with Gasteiger partial charge in [-0.25, -0.2) is 0 Å². The van der Waals surface area contributed by atoms with Crippen LogP contribution in [-0.2, 0) is 18.1 Å². The van der Waals surface area contributed by atoms with E-state index in [1.807, 2.05) is 37.3 Å². The Morgan fingerprint density at radius 1 is 0.857 bits per heavy atom. The van der Waals surface area contributed by atoms with Crippen molar-refractivity contribution in [3.63, 3.8) is 0 Å². The highest BCUT2D eigenvalue weighted by Gasteiger charge is 2.30. The Hall–Kier alpha value is -1.81. The third-order valence-corrected chi connectivity index (χ3v) is 3.78. The SMILES string of the molecule is CCC(N)(Cc1ccc(C(F)(F)F)cc1)c1ccccc1. The molecule has 2 N–H and O–H groups in total. The van der Waals surface area contributed by atoms with Crippen molar-refractivity contribution in [3.8, 4) is 0 Å². The van der Waals surface area contributed by atoms with Crippen molar-refractivity contribution in [1.82, 2.24) is 0 Å². The van der Waals surface area contributed by atoms with Gasteiger partial charge >= 0.3 is 6.18 Å².